The number of H-pyrrole nitrogens is 1. The van der Waals surface area contributed by atoms with E-state index in [0.717, 1.165) is 16.9 Å². The number of rotatable bonds is 7. The molecule has 3 heterocycles. The smallest absolute Gasteiger partial charge is 0.251 e. The maximum Gasteiger partial charge on any atom is 0.251 e. The van der Waals surface area contributed by atoms with Gasteiger partial charge in [-0.2, -0.15) is 5.10 Å². The molecule has 0 bridgehead atoms. The summed E-state index contributed by atoms with van der Waals surface area (Å²) in [5, 5.41) is 13.3. The van der Waals surface area contributed by atoms with Crippen LogP contribution in [0.2, 0.25) is 0 Å². The van der Waals surface area contributed by atoms with Gasteiger partial charge in [-0.1, -0.05) is 6.07 Å². The van der Waals surface area contributed by atoms with Crippen LogP contribution in [0.1, 0.15) is 33.5 Å². The van der Waals surface area contributed by atoms with Crippen molar-refractivity contribution >= 4 is 11.6 Å². The monoisotopic (exact) mass is 403 g/mol. The van der Waals surface area contributed by atoms with Gasteiger partial charge in [-0.15, -0.1) is 0 Å². The van der Waals surface area contributed by atoms with Gasteiger partial charge in [0.25, 0.3) is 5.91 Å². The van der Waals surface area contributed by atoms with E-state index in [-0.39, 0.29) is 5.91 Å². The van der Waals surface area contributed by atoms with E-state index < -0.39 is 0 Å². The van der Waals surface area contributed by atoms with Crippen LogP contribution in [-0.4, -0.2) is 31.1 Å². The number of benzene rings is 1. The largest absolute Gasteiger partial charge is 0.444 e. The molecule has 9 heteroatoms. The van der Waals surface area contributed by atoms with Gasteiger partial charge < -0.3 is 15.1 Å². The summed E-state index contributed by atoms with van der Waals surface area (Å²) in [5.74, 6) is 2.35. The molecule has 1 amide bonds. The van der Waals surface area contributed by atoms with Gasteiger partial charge in [-0.3, -0.25) is 14.9 Å². The Morgan fingerprint density at radius 1 is 1.10 bits per heavy atom. The maximum absolute atomic E-state index is 12.5. The van der Waals surface area contributed by atoms with E-state index in [1.165, 1.54) is 0 Å². The molecule has 1 aromatic carbocycles. The number of hydrogen-bond acceptors (Lipinski definition) is 7. The first-order valence-corrected chi connectivity index (χ1v) is 9.45. The third-order valence-corrected chi connectivity index (χ3v) is 4.46. The van der Waals surface area contributed by atoms with E-state index in [1.54, 1.807) is 31.5 Å². The van der Waals surface area contributed by atoms with Crippen LogP contribution in [0.4, 0.5) is 5.69 Å². The highest BCUT2D eigenvalue weighted by Crippen LogP contribution is 2.15. The molecular formula is C21H21N7O2. The lowest BCUT2D eigenvalue weighted by Gasteiger charge is -2.08. The molecule has 4 aromatic rings. The second kappa shape index (κ2) is 8.56. The van der Waals surface area contributed by atoms with Crippen molar-refractivity contribution < 1.29 is 9.21 Å². The number of carbonyl (C=O) groups excluding carboxylic acids is 1. The fraction of sp³-hybridized carbons (Fsp3) is 0.190. The second-order valence-electron chi connectivity index (χ2n) is 6.70. The predicted octanol–water partition coefficient (Wildman–Crippen LogP) is 3.01. The summed E-state index contributed by atoms with van der Waals surface area (Å²) in [7, 11) is 0. The van der Waals surface area contributed by atoms with Crippen LogP contribution in [0.15, 0.2) is 53.2 Å². The zero-order valence-electron chi connectivity index (χ0n) is 16.6. The van der Waals surface area contributed by atoms with Gasteiger partial charge in [0.2, 0.25) is 0 Å². The van der Waals surface area contributed by atoms with Gasteiger partial charge in [0.05, 0.1) is 18.8 Å². The minimum Gasteiger partial charge on any atom is -0.444 e. The van der Waals surface area contributed by atoms with Crippen LogP contribution in [-0.2, 0) is 13.1 Å². The maximum atomic E-state index is 12.5. The predicted molar refractivity (Wildman–Crippen MR) is 111 cm³/mol. The van der Waals surface area contributed by atoms with E-state index in [2.05, 4.69) is 35.8 Å². The Morgan fingerprint density at radius 2 is 1.93 bits per heavy atom. The molecule has 3 N–H and O–H groups in total. The molecular weight excluding hydrogens is 382 g/mol. The first-order chi connectivity index (χ1) is 14.6. The number of carbonyl (C=O) groups is 1. The number of amides is 1. The lowest BCUT2D eigenvalue weighted by Crippen LogP contribution is -2.23. The molecule has 0 radical (unpaired) electrons. The minimum absolute atomic E-state index is 0.188. The van der Waals surface area contributed by atoms with E-state index >= 15 is 0 Å². The summed E-state index contributed by atoms with van der Waals surface area (Å²) >= 11 is 0. The van der Waals surface area contributed by atoms with Crippen molar-refractivity contribution in [3.8, 4) is 11.4 Å². The van der Waals surface area contributed by atoms with Gasteiger partial charge in [0.1, 0.15) is 11.6 Å². The van der Waals surface area contributed by atoms with E-state index in [1.807, 2.05) is 31.2 Å². The molecule has 30 heavy (non-hydrogen) atoms. The standard InChI is InChI=1S/C21H21N7O2/c1-13-18(30-14(2)25-13)11-24-21(29)16-4-3-5-17(10-16)23-12-19-26-20(28-27-19)15-6-8-22-9-7-15/h3-10,23H,11-12H2,1-2H3,(H,24,29)(H,26,27,28). The van der Waals surface area contributed by atoms with Crippen LogP contribution in [0, 0.1) is 13.8 Å². The molecule has 0 atom stereocenters. The number of hydrogen-bond donors (Lipinski definition) is 3. The van der Waals surface area contributed by atoms with Crippen molar-refractivity contribution in [2.24, 2.45) is 0 Å². The lowest BCUT2D eigenvalue weighted by molar-refractivity contribution is 0.0948. The Hall–Kier alpha value is -4.01. The second-order valence-corrected chi connectivity index (χ2v) is 6.70. The summed E-state index contributed by atoms with van der Waals surface area (Å²) in [6, 6.07) is 11.0. The topological polar surface area (TPSA) is 122 Å². The molecule has 0 saturated heterocycles. The normalized spacial score (nSPS) is 10.7. The van der Waals surface area contributed by atoms with Crippen LogP contribution in [0.25, 0.3) is 11.4 Å². The number of anilines is 1. The molecule has 0 aliphatic heterocycles. The highest BCUT2D eigenvalue weighted by Gasteiger charge is 2.11. The average Bonchev–Trinajstić information content (AvgIpc) is 3.37. The molecule has 152 valence electrons. The number of nitrogens with one attached hydrogen (secondary N) is 3. The molecule has 4 rings (SSSR count). The van der Waals surface area contributed by atoms with Crippen molar-refractivity contribution in [1.29, 1.82) is 0 Å². The zero-order chi connectivity index (χ0) is 20.9. The Bertz CT molecular complexity index is 1150. The summed E-state index contributed by atoms with van der Waals surface area (Å²) in [6.07, 6.45) is 3.40. The molecule has 0 spiro atoms. The number of oxazole rings is 1. The van der Waals surface area contributed by atoms with Crippen molar-refractivity contribution in [1.82, 2.24) is 30.5 Å². The van der Waals surface area contributed by atoms with Crippen LogP contribution in [0.5, 0.6) is 0 Å². The SMILES string of the molecule is Cc1nc(C)c(CNC(=O)c2cccc(NCc3nc(-c4ccncc4)n[nH]3)c2)o1. The molecule has 3 aromatic heterocycles. The Kier molecular flexibility index (Phi) is 5.51. The quantitative estimate of drug-likeness (QED) is 0.433. The van der Waals surface area contributed by atoms with Crippen molar-refractivity contribution in [2.75, 3.05) is 5.32 Å². The Morgan fingerprint density at radius 3 is 2.70 bits per heavy atom. The van der Waals surface area contributed by atoms with Gasteiger partial charge in [-0.25, -0.2) is 9.97 Å². The third-order valence-electron chi connectivity index (χ3n) is 4.46. The van der Waals surface area contributed by atoms with E-state index in [4.69, 9.17) is 4.42 Å². The lowest BCUT2D eigenvalue weighted by atomic mass is 10.2. The van der Waals surface area contributed by atoms with Crippen molar-refractivity contribution in [2.45, 2.75) is 26.9 Å². The fourth-order valence-electron chi connectivity index (χ4n) is 2.96. The fourth-order valence-corrected chi connectivity index (χ4v) is 2.96. The Labute approximate surface area is 173 Å². The summed E-state index contributed by atoms with van der Waals surface area (Å²) in [6.45, 7) is 4.37. The highest BCUT2D eigenvalue weighted by atomic mass is 16.4. The van der Waals surface area contributed by atoms with Crippen LogP contribution >= 0.6 is 0 Å². The number of aromatic amines is 1. The molecule has 0 fully saturated rings. The third kappa shape index (κ3) is 4.52. The molecule has 0 saturated carbocycles. The van der Waals surface area contributed by atoms with E-state index in [9.17, 15) is 4.79 Å². The number of pyridine rings is 1. The number of aryl methyl sites for hydroxylation is 2. The van der Waals surface area contributed by atoms with Gasteiger partial charge in [0.15, 0.2) is 11.7 Å². The van der Waals surface area contributed by atoms with Crippen molar-refractivity contribution in [3.05, 3.63) is 77.5 Å². The zero-order valence-corrected chi connectivity index (χ0v) is 16.6. The van der Waals surface area contributed by atoms with Crippen molar-refractivity contribution in [3.63, 3.8) is 0 Å². The Balaban J connectivity index is 1.36. The van der Waals surface area contributed by atoms with Crippen LogP contribution in [0.3, 0.4) is 0 Å². The molecule has 0 unspecified atom stereocenters. The first-order valence-electron chi connectivity index (χ1n) is 9.45. The van der Waals surface area contributed by atoms with E-state index in [0.29, 0.717) is 42.0 Å². The average molecular weight is 403 g/mol. The highest BCUT2D eigenvalue weighted by molar-refractivity contribution is 5.95. The summed E-state index contributed by atoms with van der Waals surface area (Å²) in [5.41, 5.74) is 3.02. The minimum atomic E-state index is -0.188. The van der Waals surface area contributed by atoms with Gasteiger partial charge in [0, 0.05) is 36.1 Å². The summed E-state index contributed by atoms with van der Waals surface area (Å²) in [4.78, 5) is 25.2. The van der Waals surface area contributed by atoms with Gasteiger partial charge in [-0.05, 0) is 37.3 Å². The molecule has 0 aliphatic carbocycles. The number of aromatic nitrogens is 5. The van der Waals surface area contributed by atoms with Gasteiger partial charge >= 0.3 is 0 Å². The first kappa shape index (κ1) is 19.3. The number of nitrogens with zero attached hydrogens (tertiary/aromatic N) is 4. The molecule has 0 aliphatic rings. The molecule has 9 nitrogen and oxygen atoms in total. The summed E-state index contributed by atoms with van der Waals surface area (Å²) < 4.78 is 5.49. The van der Waals surface area contributed by atoms with Crippen LogP contribution < -0.4 is 10.6 Å².